The number of aliphatic carboxylic acids is 1. The number of nitrogens with zero attached hydrogens (tertiary/aromatic N) is 1. The molecule has 12 heavy (non-hydrogen) atoms. The zero-order valence-corrected chi connectivity index (χ0v) is 7.70. The van der Waals surface area contributed by atoms with Gasteiger partial charge in [0.2, 0.25) is 0 Å². The van der Waals surface area contributed by atoms with E-state index < -0.39 is 19.5 Å². The van der Waals surface area contributed by atoms with Gasteiger partial charge in [0, 0.05) is 13.2 Å². The highest BCUT2D eigenvalue weighted by molar-refractivity contribution is 7.54. The average Bonchev–Trinajstić information content (AvgIpc) is 2.30. The molecule has 2 atom stereocenters. The molecule has 1 unspecified atom stereocenters. The van der Waals surface area contributed by atoms with E-state index in [1.807, 2.05) is 0 Å². The lowest BCUT2D eigenvalue weighted by Gasteiger charge is -2.23. The molecule has 0 aromatic rings. The Labute approximate surface area is 70.5 Å². The van der Waals surface area contributed by atoms with Gasteiger partial charge in [0.1, 0.15) is 6.04 Å². The van der Waals surface area contributed by atoms with Crippen molar-refractivity contribution in [2.75, 3.05) is 13.2 Å². The molecule has 1 aliphatic heterocycles. The van der Waals surface area contributed by atoms with Gasteiger partial charge in [-0.25, -0.2) is 4.67 Å². The molecule has 0 bridgehead atoms. The van der Waals surface area contributed by atoms with E-state index in [1.165, 1.54) is 11.3 Å². The summed E-state index contributed by atoms with van der Waals surface area (Å²) in [5, 5.41) is 8.67. The number of carboxylic acid groups (broad SMARTS) is 1. The first-order valence-electron chi connectivity index (χ1n) is 3.73. The van der Waals surface area contributed by atoms with Crippen LogP contribution in [0.15, 0.2) is 0 Å². The van der Waals surface area contributed by atoms with Crippen molar-refractivity contribution in [2.45, 2.75) is 18.9 Å². The molecule has 0 aromatic carbocycles. The van der Waals surface area contributed by atoms with Crippen LogP contribution in [-0.2, 0) is 9.36 Å². The van der Waals surface area contributed by atoms with Gasteiger partial charge in [-0.2, -0.15) is 0 Å². The molecular formula is C6H12NO4P. The highest BCUT2D eigenvalue weighted by atomic mass is 31.2. The highest BCUT2D eigenvalue weighted by Crippen LogP contribution is 2.45. The highest BCUT2D eigenvalue weighted by Gasteiger charge is 2.38. The van der Waals surface area contributed by atoms with E-state index in [9.17, 15) is 9.36 Å². The zero-order chi connectivity index (χ0) is 9.35. The summed E-state index contributed by atoms with van der Waals surface area (Å²) >= 11 is 0. The third-order valence-corrected chi connectivity index (χ3v) is 3.42. The normalized spacial score (nSPS) is 30.0. The maximum Gasteiger partial charge on any atom is 0.321 e. The van der Waals surface area contributed by atoms with Crippen molar-refractivity contribution in [3.05, 3.63) is 0 Å². The Hall–Kier alpha value is -0.380. The Morgan fingerprint density at radius 3 is 2.58 bits per heavy atom. The van der Waals surface area contributed by atoms with Gasteiger partial charge in [0.15, 0.2) is 0 Å². The summed E-state index contributed by atoms with van der Waals surface area (Å²) in [5.41, 5.74) is 0. The van der Waals surface area contributed by atoms with E-state index >= 15 is 0 Å². The van der Waals surface area contributed by atoms with Gasteiger partial charge in [-0.05, 0) is 12.8 Å². The van der Waals surface area contributed by atoms with Crippen LogP contribution in [0.3, 0.4) is 0 Å². The molecule has 0 saturated carbocycles. The summed E-state index contributed by atoms with van der Waals surface area (Å²) in [6, 6.07) is -0.772. The molecular weight excluding hydrogens is 181 g/mol. The summed E-state index contributed by atoms with van der Waals surface area (Å²) in [5.74, 6) is -1.01. The third-order valence-electron chi connectivity index (χ3n) is 1.99. The molecule has 0 spiro atoms. The van der Waals surface area contributed by atoms with Gasteiger partial charge < -0.3 is 10.00 Å². The standard InChI is InChI=1S/C6H12NO4P/c1-12(10,11)7-4-2-3-5(7)6(8)9/h5H,2-4H2,1H3,(H,8,9)(H,10,11)/t5-/m0/s1. The van der Waals surface area contributed by atoms with Crippen LogP contribution in [0.25, 0.3) is 0 Å². The lowest BCUT2D eigenvalue weighted by Crippen LogP contribution is -2.33. The summed E-state index contributed by atoms with van der Waals surface area (Å²) in [6.45, 7) is 1.58. The molecule has 0 aliphatic carbocycles. The maximum atomic E-state index is 11.1. The van der Waals surface area contributed by atoms with E-state index in [1.54, 1.807) is 0 Å². The first-order chi connectivity index (χ1) is 5.43. The van der Waals surface area contributed by atoms with Gasteiger partial charge in [0.25, 0.3) is 7.52 Å². The van der Waals surface area contributed by atoms with Gasteiger partial charge in [-0.15, -0.1) is 0 Å². The van der Waals surface area contributed by atoms with Crippen molar-refractivity contribution in [3.8, 4) is 0 Å². The first kappa shape index (κ1) is 9.71. The molecule has 6 heteroatoms. The third kappa shape index (κ3) is 1.86. The Morgan fingerprint density at radius 2 is 2.25 bits per heavy atom. The minimum Gasteiger partial charge on any atom is -0.480 e. The first-order valence-corrected chi connectivity index (χ1v) is 5.79. The van der Waals surface area contributed by atoms with Crippen LogP contribution in [0.2, 0.25) is 0 Å². The van der Waals surface area contributed by atoms with Crippen molar-refractivity contribution < 1.29 is 19.4 Å². The minimum absolute atomic E-state index is 0.404. The van der Waals surface area contributed by atoms with Gasteiger partial charge >= 0.3 is 5.97 Å². The van der Waals surface area contributed by atoms with Crippen LogP contribution in [0, 0.1) is 0 Å². The molecule has 2 N–H and O–H groups in total. The minimum atomic E-state index is -3.37. The average molecular weight is 193 g/mol. The molecule has 1 rings (SSSR count). The van der Waals surface area contributed by atoms with Crippen LogP contribution < -0.4 is 0 Å². The number of rotatable bonds is 2. The van der Waals surface area contributed by atoms with E-state index in [-0.39, 0.29) is 0 Å². The van der Waals surface area contributed by atoms with Crippen molar-refractivity contribution in [1.82, 2.24) is 4.67 Å². The van der Waals surface area contributed by atoms with Crippen LogP contribution >= 0.6 is 7.52 Å². The van der Waals surface area contributed by atoms with Crippen LogP contribution in [0.5, 0.6) is 0 Å². The van der Waals surface area contributed by atoms with Gasteiger partial charge in [-0.1, -0.05) is 0 Å². The topological polar surface area (TPSA) is 77.8 Å². The van der Waals surface area contributed by atoms with E-state index in [4.69, 9.17) is 10.00 Å². The van der Waals surface area contributed by atoms with Crippen molar-refractivity contribution >= 4 is 13.5 Å². The van der Waals surface area contributed by atoms with E-state index in [0.29, 0.717) is 19.4 Å². The van der Waals surface area contributed by atoms with Crippen LogP contribution in [-0.4, -0.2) is 39.9 Å². The Kier molecular flexibility index (Phi) is 2.56. The fraction of sp³-hybridized carbons (Fsp3) is 0.833. The number of hydrogen-bond acceptors (Lipinski definition) is 2. The predicted molar refractivity (Wildman–Crippen MR) is 43.1 cm³/mol. The molecule has 1 saturated heterocycles. The predicted octanol–water partition coefficient (Wildman–Crippen LogP) is 0.351. The van der Waals surface area contributed by atoms with Crippen molar-refractivity contribution in [2.24, 2.45) is 0 Å². The molecule has 1 fully saturated rings. The lowest BCUT2D eigenvalue weighted by atomic mass is 10.2. The quantitative estimate of drug-likeness (QED) is 0.618. The number of hydrogen-bond donors (Lipinski definition) is 2. The molecule has 5 nitrogen and oxygen atoms in total. The Bertz CT molecular complexity index is 236. The van der Waals surface area contributed by atoms with E-state index in [0.717, 1.165) is 0 Å². The monoisotopic (exact) mass is 193 g/mol. The molecule has 0 aromatic heterocycles. The fourth-order valence-electron chi connectivity index (χ4n) is 1.45. The van der Waals surface area contributed by atoms with E-state index in [2.05, 4.69) is 0 Å². The molecule has 0 amide bonds. The summed E-state index contributed by atoms with van der Waals surface area (Å²) in [7, 11) is -3.37. The van der Waals surface area contributed by atoms with Crippen LogP contribution in [0.1, 0.15) is 12.8 Å². The Balaban J connectivity index is 2.78. The maximum absolute atomic E-state index is 11.1. The van der Waals surface area contributed by atoms with Crippen LogP contribution in [0.4, 0.5) is 0 Å². The lowest BCUT2D eigenvalue weighted by molar-refractivity contribution is -0.140. The second-order valence-corrected chi connectivity index (χ2v) is 5.18. The second kappa shape index (κ2) is 3.17. The molecule has 1 heterocycles. The smallest absolute Gasteiger partial charge is 0.321 e. The number of carboxylic acids is 1. The SMILES string of the molecule is CP(=O)(O)N1CCC[C@H]1C(=O)O. The summed E-state index contributed by atoms with van der Waals surface area (Å²) in [4.78, 5) is 19.7. The summed E-state index contributed by atoms with van der Waals surface area (Å²) in [6.07, 6.45) is 1.14. The van der Waals surface area contributed by atoms with Crippen molar-refractivity contribution in [1.29, 1.82) is 0 Å². The fourth-order valence-corrected chi connectivity index (χ4v) is 2.69. The van der Waals surface area contributed by atoms with Gasteiger partial charge in [-0.3, -0.25) is 9.36 Å². The molecule has 70 valence electrons. The molecule has 1 aliphatic rings. The molecule has 0 radical (unpaired) electrons. The van der Waals surface area contributed by atoms with Crippen molar-refractivity contribution in [3.63, 3.8) is 0 Å². The Morgan fingerprint density at radius 1 is 1.67 bits per heavy atom. The zero-order valence-electron chi connectivity index (χ0n) is 6.80. The summed E-state index contributed by atoms with van der Waals surface area (Å²) < 4.78 is 12.3. The largest absolute Gasteiger partial charge is 0.480 e. The second-order valence-electron chi connectivity index (χ2n) is 2.99. The van der Waals surface area contributed by atoms with Gasteiger partial charge in [0.05, 0.1) is 0 Å². The number of carbonyl (C=O) groups is 1.